The maximum Gasteiger partial charge on any atom is 0.328 e. The lowest BCUT2D eigenvalue weighted by Crippen LogP contribution is -1.90. The van der Waals surface area contributed by atoms with Gasteiger partial charge in [0.15, 0.2) is 0 Å². The molecule has 0 saturated carbocycles. The zero-order valence-electron chi connectivity index (χ0n) is 8.11. The number of aryl methyl sites for hydroxylation is 1. The zero-order valence-corrected chi connectivity index (χ0v) is 8.11. The molecule has 0 aliphatic heterocycles. The smallest absolute Gasteiger partial charge is 0.328 e. The molecule has 0 heterocycles. The molecule has 3 nitrogen and oxygen atoms in total. The normalized spacial score (nSPS) is 11.4. The Labute approximate surface area is 82.3 Å². The molecule has 0 aliphatic rings. The molecule has 0 fully saturated rings. The molecule has 0 unspecified atom stereocenters. The zero-order chi connectivity index (χ0) is 10.7. The SMILES string of the molecule is C/C(=C\C(=O)O)c1cc(C)ccc1O. The van der Waals surface area contributed by atoms with Crippen molar-refractivity contribution in [3.63, 3.8) is 0 Å². The molecule has 0 spiro atoms. The van der Waals surface area contributed by atoms with Gasteiger partial charge in [0.25, 0.3) is 0 Å². The summed E-state index contributed by atoms with van der Waals surface area (Å²) >= 11 is 0. The van der Waals surface area contributed by atoms with Crippen LogP contribution in [0.2, 0.25) is 0 Å². The summed E-state index contributed by atoms with van der Waals surface area (Å²) in [6, 6.07) is 5.08. The first-order chi connectivity index (χ1) is 6.50. The minimum atomic E-state index is -1.01. The Hall–Kier alpha value is -1.77. The van der Waals surface area contributed by atoms with Gasteiger partial charge in [0.1, 0.15) is 5.75 Å². The number of allylic oxidation sites excluding steroid dienone is 1. The van der Waals surface area contributed by atoms with E-state index in [-0.39, 0.29) is 5.75 Å². The molecule has 1 rings (SSSR count). The Morgan fingerprint density at radius 1 is 1.43 bits per heavy atom. The number of carboxylic acid groups (broad SMARTS) is 1. The van der Waals surface area contributed by atoms with Crippen LogP contribution in [0.25, 0.3) is 5.57 Å². The molecule has 74 valence electrons. The maximum atomic E-state index is 10.4. The van der Waals surface area contributed by atoms with Crippen LogP contribution in [0.5, 0.6) is 5.75 Å². The molecule has 0 aliphatic carbocycles. The number of carboxylic acids is 1. The molecule has 0 aromatic heterocycles. The topological polar surface area (TPSA) is 57.5 Å². The lowest BCUT2D eigenvalue weighted by Gasteiger charge is -2.05. The standard InChI is InChI=1S/C11H12O3/c1-7-3-4-10(12)9(5-7)8(2)6-11(13)14/h3-6,12H,1-2H3,(H,13,14)/b8-6+. The Kier molecular flexibility index (Phi) is 2.92. The molecule has 2 N–H and O–H groups in total. The van der Waals surface area contributed by atoms with Crippen LogP contribution in [0.1, 0.15) is 18.1 Å². The largest absolute Gasteiger partial charge is 0.507 e. The van der Waals surface area contributed by atoms with Crippen molar-refractivity contribution in [3.8, 4) is 5.75 Å². The van der Waals surface area contributed by atoms with Crippen LogP contribution in [0.4, 0.5) is 0 Å². The van der Waals surface area contributed by atoms with Gasteiger partial charge in [-0.05, 0) is 31.6 Å². The molecule has 0 bridgehead atoms. The van der Waals surface area contributed by atoms with Gasteiger partial charge in [0.05, 0.1) is 0 Å². The third-order valence-electron chi connectivity index (χ3n) is 1.92. The monoisotopic (exact) mass is 192 g/mol. The van der Waals surface area contributed by atoms with Crippen molar-refractivity contribution >= 4 is 11.5 Å². The molecule has 0 amide bonds. The number of rotatable bonds is 2. The van der Waals surface area contributed by atoms with E-state index in [1.165, 1.54) is 0 Å². The van der Waals surface area contributed by atoms with Gasteiger partial charge >= 0.3 is 5.97 Å². The van der Waals surface area contributed by atoms with Crippen molar-refractivity contribution in [2.24, 2.45) is 0 Å². The van der Waals surface area contributed by atoms with Crippen molar-refractivity contribution in [2.75, 3.05) is 0 Å². The van der Waals surface area contributed by atoms with Gasteiger partial charge in [-0.3, -0.25) is 0 Å². The predicted molar refractivity (Wildman–Crippen MR) is 54.1 cm³/mol. The molecular weight excluding hydrogens is 180 g/mol. The van der Waals surface area contributed by atoms with E-state index < -0.39 is 5.97 Å². The van der Waals surface area contributed by atoms with Crippen LogP contribution in [0, 0.1) is 6.92 Å². The summed E-state index contributed by atoms with van der Waals surface area (Å²) in [5.74, 6) is -0.908. The summed E-state index contributed by atoms with van der Waals surface area (Å²) < 4.78 is 0. The number of carbonyl (C=O) groups is 1. The van der Waals surface area contributed by atoms with E-state index in [0.29, 0.717) is 11.1 Å². The summed E-state index contributed by atoms with van der Waals surface area (Å²) in [5, 5.41) is 18.0. The van der Waals surface area contributed by atoms with E-state index in [1.807, 2.05) is 6.92 Å². The molecule has 0 radical (unpaired) electrons. The Balaban J connectivity index is 3.18. The molecule has 0 atom stereocenters. The fraction of sp³-hybridized carbons (Fsp3) is 0.182. The van der Waals surface area contributed by atoms with Crippen LogP contribution >= 0.6 is 0 Å². The van der Waals surface area contributed by atoms with Crippen molar-refractivity contribution < 1.29 is 15.0 Å². The summed E-state index contributed by atoms with van der Waals surface area (Å²) in [6.45, 7) is 3.54. The van der Waals surface area contributed by atoms with Crippen LogP contribution in [0.3, 0.4) is 0 Å². The van der Waals surface area contributed by atoms with Gasteiger partial charge < -0.3 is 10.2 Å². The first kappa shape index (κ1) is 10.3. The predicted octanol–water partition coefficient (Wildman–Crippen LogP) is 2.19. The number of aliphatic carboxylic acids is 1. The maximum absolute atomic E-state index is 10.4. The third-order valence-corrected chi connectivity index (χ3v) is 1.92. The first-order valence-electron chi connectivity index (χ1n) is 4.22. The molecule has 14 heavy (non-hydrogen) atoms. The second-order valence-corrected chi connectivity index (χ2v) is 3.19. The lowest BCUT2D eigenvalue weighted by molar-refractivity contribution is -0.131. The second-order valence-electron chi connectivity index (χ2n) is 3.19. The quantitative estimate of drug-likeness (QED) is 0.706. The van der Waals surface area contributed by atoms with E-state index in [4.69, 9.17) is 5.11 Å². The van der Waals surface area contributed by atoms with Crippen LogP contribution < -0.4 is 0 Å². The Morgan fingerprint density at radius 2 is 2.07 bits per heavy atom. The molecule has 3 heteroatoms. The summed E-state index contributed by atoms with van der Waals surface area (Å²) in [7, 11) is 0. The van der Waals surface area contributed by atoms with Crippen molar-refractivity contribution in [2.45, 2.75) is 13.8 Å². The van der Waals surface area contributed by atoms with E-state index in [0.717, 1.165) is 11.6 Å². The molecule has 1 aromatic rings. The van der Waals surface area contributed by atoms with Crippen LogP contribution in [-0.4, -0.2) is 16.2 Å². The first-order valence-corrected chi connectivity index (χ1v) is 4.22. The van der Waals surface area contributed by atoms with Gasteiger partial charge in [-0.25, -0.2) is 4.79 Å². The van der Waals surface area contributed by atoms with Crippen LogP contribution in [0.15, 0.2) is 24.3 Å². The summed E-state index contributed by atoms with van der Waals surface area (Å²) in [5.41, 5.74) is 2.09. The third kappa shape index (κ3) is 2.36. The second kappa shape index (κ2) is 3.96. The molecular formula is C11H12O3. The number of phenolic OH excluding ortho intramolecular Hbond substituents is 1. The molecule has 0 saturated heterocycles. The highest BCUT2D eigenvalue weighted by Crippen LogP contribution is 2.25. The fourth-order valence-corrected chi connectivity index (χ4v) is 1.23. The van der Waals surface area contributed by atoms with E-state index in [1.54, 1.807) is 25.1 Å². The minimum absolute atomic E-state index is 0.102. The summed E-state index contributed by atoms with van der Waals surface area (Å²) in [4.78, 5) is 10.4. The van der Waals surface area contributed by atoms with E-state index >= 15 is 0 Å². The Morgan fingerprint density at radius 3 is 2.64 bits per heavy atom. The highest BCUT2D eigenvalue weighted by Gasteiger charge is 2.04. The average Bonchev–Trinajstić information content (AvgIpc) is 2.08. The number of phenols is 1. The number of hydrogen-bond donors (Lipinski definition) is 2. The van der Waals surface area contributed by atoms with Crippen molar-refractivity contribution in [1.29, 1.82) is 0 Å². The highest BCUT2D eigenvalue weighted by molar-refractivity contribution is 5.90. The number of benzene rings is 1. The van der Waals surface area contributed by atoms with Gasteiger partial charge in [-0.2, -0.15) is 0 Å². The van der Waals surface area contributed by atoms with Crippen LogP contribution in [-0.2, 0) is 4.79 Å². The number of hydrogen-bond acceptors (Lipinski definition) is 2. The van der Waals surface area contributed by atoms with Crippen molar-refractivity contribution in [1.82, 2.24) is 0 Å². The van der Waals surface area contributed by atoms with Gasteiger partial charge in [0, 0.05) is 11.6 Å². The number of aromatic hydroxyl groups is 1. The fourth-order valence-electron chi connectivity index (χ4n) is 1.23. The van der Waals surface area contributed by atoms with Crippen molar-refractivity contribution in [3.05, 3.63) is 35.4 Å². The van der Waals surface area contributed by atoms with Gasteiger partial charge in [0.2, 0.25) is 0 Å². The Bertz CT molecular complexity index is 392. The average molecular weight is 192 g/mol. The minimum Gasteiger partial charge on any atom is -0.507 e. The van der Waals surface area contributed by atoms with E-state index in [9.17, 15) is 9.90 Å². The lowest BCUT2D eigenvalue weighted by atomic mass is 10.0. The summed E-state index contributed by atoms with van der Waals surface area (Å²) in [6.07, 6.45) is 1.08. The highest BCUT2D eigenvalue weighted by atomic mass is 16.4. The molecule has 1 aromatic carbocycles. The van der Waals surface area contributed by atoms with E-state index in [2.05, 4.69) is 0 Å². The van der Waals surface area contributed by atoms with Gasteiger partial charge in [-0.15, -0.1) is 0 Å². The van der Waals surface area contributed by atoms with Gasteiger partial charge in [-0.1, -0.05) is 11.6 Å².